The molecule has 2 heterocycles. The van der Waals surface area contributed by atoms with Gasteiger partial charge in [-0.3, -0.25) is 0 Å². The van der Waals surface area contributed by atoms with Gasteiger partial charge in [-0.05, 0) is 42.5 Å². The molecular formula is C23H12ClNO4S. The summed E-state index contributed by atoms with van der Waals surface area (Å²) in [4.78, 5) is 29.5. The predicted octanol–water partition coefficient (Wildman–Crippen LogP) is 5.94. The van der Waals surface area contributed by atoms with Gasteiger partial charge >= 0.3 is 11.6 Å². The van der Waals surface area contributed by atoms with Crippen LogP contribution < -0.4 is 10.4 Å². The van der Waals surface area contributed by atoms with E-state index in [1.165, 1.54) is 17.4 Å². The zero-order chi connectivity index (χ0) is 20.7. The van der Waals surface area contributed by atoms with E-state index in [2.05, 4.69) is 4.98 Å². The highest BCUT2D eigenvalue weighted by atomic mass is 35.5. The third-order valence-electron chi connectivity index (χ3n) is 4.54. The normalized spacial score (nSPS) is 11.1. The van der Waals surface area contributed by atoms with E-state index in [1.54, 1.807) is 42.5 Å². The largest absolute Gasteiger partial charge is 0.423 e. The number of para-hydroxylation sites is 1. The van der Waals surface area contributed by atoms with Crippen LogP contribution in [-0.4, -0.2) is 11.0 Å². The summed E-state index contributed by atoms with van der Waals surface area (Å²) in [7, 11) is 0. The topological polar surface area (TPSA) is 69.4 Å². The van der Waals surface area contributed by atoms with Crippen LogP contribution in [-0.2, 0) is 0 Å². The zero-order valence-corrected chi connectivity index (χ0v) is 16.9. The second-order valence-corrected chi connectivity index (χ2v) is 7.94. The molecule has 0 bridgehead atoms. The minimum atomic E-state index is -0.589. The molecule has 0 aliphatic carbocycles. The highest BCUT2D eigenvalue weighted by Gasteiger charge is 2.15. The van der Waals surface area contributed by atoms with Crippen molar-refractivity contribution in [2.45, 2.75) is 0 Å². The first kappa shape index (κ1) is 18.5. The maximum atomic E-state index is 12.6. The van der Waals surface area contributed by atoms with Crippen molar-refractivity contribution >= 4 is 50.1 Å². The van der Waals surface area contributed by atoms with Crippen molar-refractivity contribution in [2.75, 3.05) is 0 Å². The van der Waals surface area contributed by atoms with Crippen LogP contribution in [0.15, 0.2) is 82.0 Å². The monoisotopic (exact) mass is 433 g/mol. The summed E-state index contributed by atoms with van der Waals surface area (Å²) in [5, 5.41) is 1.60. The minimum Gasteiger partial charge on any atom is -0.423 e. The number of fused-ring (bicyclic) bond motifs is 2. The second kappa shape index (κ2) is 7.40. The number of aromatic nitrogens is 1. The highest BCUT2D eigenvalue weighted by molar-refractivity contribution is 7.21. The van der Waals surface area contributed by atoms with E-state index >= 15 is 0 Å². The number of nitrogens with zero attached hydrogens (tertiary/aromatic N) is 1. The lowest BCUT2D eigenvalue weighted by Gasteiger charge is -2.07. The standard InChI is InChI=1S/C23H12ClNO4S/c24-17-6-2-1-5-15(17)22(26)28-14-10-9-13-11-16(23(27)29-19(13)12-14)21-25-18-7-3-4-8-20(18)30-21/h1-12H. The molecule has 0 unspecified atom stereocenters. The van der Waals surface area contributed by atoms with Gasteiger partial charge in [0, 0.05) is 11.5 Å². The maximum absolute atomic E-state index is 12.6. The molecule has 0 spiro atoms. The van der Waals surface area contributed by atoms with Crippen molar-refractivity contribution in [3.8, 4) is 16.3 Å². The van der Waals surface area contributed by atoms with Gasteiger partial charge < -0.3 is 9.15 Å². The number of carbonyl (C=O) groups is 1. The third-order valence-corrected chi connectivity index (χ3v) is 5.94. The molecule has 0 aliphatic rings. The van der Waals surface area contributed by atoms with Gasteiger partial charge in [-0.2, -0.15) is 0 Å². The molecule has 5 nitrogen and oxygen atoms in total. The van der Waals surface area contributed by atoms with Gasteiger partial charge in [0.25, 0.3) is 0 Å². The molecular weight excluding hydrogens is 422 g/mol. The van der Waals surface area contributed by atoms with Crippen LogP contribution in [0.2, 0.25) is 5.02 Å². The van der Waals surface area contributed by atoms with Gasteiger partial charge in [-0.1, -0.05) is 35.9 Å². The lowest BCUT2D eigenvalue weighted by Crippen LogP contribution is -2.09. The molecule has 0 amide bonds. The van der Waals surface area contributed by atoms with E-state index in [9.17, 15) is 9.59 Å². The zero-order valence-electron chi connectivity index (χ0n) is 15.3. The molecule has 0 aliphatic heterocycles. The van der Waals surface area contributed by atoms with E-state index in [0.29, 0.717) is 26.6 Å². The van der Waals surface area contributed by atoms with Gasteiger partial charge in [-0.25, -0.2) is 14.6 Å². The van der Waals surface area contributed by atoms with E-state index in [1.807, 2.05) is 24.3 Å². The molecule has 30 heavy (non-hydrogen) atoms. The fourth-order valence-corrected chi connectivity index (χ4v) is 4.26. The summed E-state index contributed by atoms with van der Waals surface area (Å²) in [5.74, 6) is -0.336. The molecule has 2 aromatic heterocycles. The number of rotatable bonds is 3. The van der Waals surface area contributed by atoms with Crippen LogP contribution >= 0.6 is 22.9 Å². The van der Waals surface area contributed by atoms with Gasteiger partial charge in [0.05, 0.1) is 26.4 Å². The van der Waals surface area contributed by atoms with Crippen molar-refractivity contribution in [3.63, 3.8) is 0 Å². The molecule has 0 saturated heterocycles. The lowest BCUT2D eigenvalue weighted by molar-refractivity contribution is 0.0735. The average molecular weight is 434 g/mol. The molecule has 5 aromatic rings. The van der Waals surface area contributed by atoms with Gasteiger partial charge in [0.1, 0.15) is 16.3 Å². The summed E-state index contributed by atoms with van der Waals surface area (Å²) < 4.78 is 11.9. The molecule has 0 radical (unpaired) electrons. The minimum absolute atomic E-state index is 0.253. The van der Waals surface area contributed by atoms with Crippen molar-refractivity contribution in [1.82, 2.24) is 4.98 Å². The van der Waals surface area contributed by atoms with Crippen molar-refractivity contribution in [2.24, 2.45) is 0 Å². The van der Waals surface area contributed by atoms with Crippen LogP contribution in [0.4, 0.5) is 0 Å². The third kappa shape index (κ3) is 3.36. The van der Waals surface area contributed by atoms with E-state index in [-0.39, 0.29) is 11.3 Å². The second-order valence-electron chi connectivity index (χ2n) is 6.50. The molecule has 5 rings (SSSR count). The summed E-state index contributed by atoms with van der Waals surface area (Å²) in [5.41, 5.74) is 1.29. The maximum Gasteiger partial charge on any atom is 0.346 e. The van der Waals surface area contributed by atoms with Gasteiger partial charge in [-0.15, -0.1) is 11.3 Å². The Morgan fingerprint density at radius 3 is 2.63 bits per heavy atom. The average Bonchev–Trinajstić information content (AvgIpc) is 3.17. The van der Waals surface area contributed by atoms with E-state index < -0.39 is 11.6 Å². The van der Waals surface area contributed by atoms with Gasteiger partial charge in [0.2, 0.25) is 0 Å². The lowest BCUT2D eigenvalue weighted by atomic mass is 10.2. The Morgan fingerprint density at radius 2 is 1.80 bits per heavy atom. The first-order chi connectivity index (χ1) is 14.6. The van der Waals surface area contributed by atoms with Crippen molar-refractivity contribution in [1.29, 1.82) is 0 Å². The number of halogens is 1. The summed E-state index contributed by atoms with van der Waals surface area (Å²) in [6, 6.07) is 20.9. The number of hydrogen-bond acceptors (Lipinski definition) is 6. The van der Waals surface area contributed by atoms with Gasteiger partial charge in [0.15, 0.2) is 0 Å². The van der Waals surface area contributed by atoms with Crippen molar-refractivity contribution < 1.29 is 13.9 Å². The number of benzene rings is 3. The van der Waals surface area contributed by atoms with E-state index in [4.69, 9.17) is 20.8 Å². The molecule has 0 N–H and O–H groups in total. The Bertz CT molecular complexity index is 1450. The first-order valence-corrected chi connectivity index (χ1v) is 10.2. The Hall–Kier alpha value is -3.48. The number of carbonyl (C=O) groups excluding carboxylic acids is 1. The molecule has 7 heteroatoms. The quantitative estimate of drug-likeness (QED) is 0.200. The first-order valence-electron chi connectivity index (χ1n) is 8.99. The van der Waals surface area contributed by atoms with Crippen LogP contribution in [0.5, 0.6) is 5.75 Å². The molecule has 0 saturated carbocycles. The summed E-state index contributed by atoms with van der Waals surface area (Å²) in [6.07, 6.45) is 0. The predicted molar refractivity (Wildman–Crippen MR) is 118 cm³/mol. The van der Waals surface area contributed by atoms with Crippen LogP contribution in [0.25, 0.3) is 31.8 Å². The Labute approximate surface area is 179 Å². The van der Waals surface area contributed by atoms with Crippen LogP contribution in [0.1, 0.15) is 10.4 Å². The smallest absolute Gasteiger partial charge is 0.346 e. The van der Waals surface area contributed by atoms with Crippen molar-refractivity contribution in [3.05, 3.63) is 93.8 Å². The van der Waals surface area contributed by atoms with Crippen LogP contribution in [0, 0.1) is 0 Å². The van der Waals surface area contributed by atoms with Crippen LogP contribution in [0.3, 0.4) is 0 Å². The van der Waals surface area contributed by atoms with E-state index in [0.717, 1.165) is 10.2 Å². The molecule has 0 fully saturated rings. The fourth-order valence-electron chi connectivity index (χ4n) is 3.08. The number of thiazole rings is 1. The number of esters is 1. The highest BCUT2D eigenvalue weighted by Crippen LogP contribution is 2.30. The number of ether oxygens (including phenoxy) is 1. The Balaban J connectivity index is 1.50. The fraction of sp³-hybridized carbons (Fsp3) is 0. The molecule has 0 atom stereocenters. The molecule has 146 valence electrons. The Morgan fingerprint density at radius 1 is 1.00 bits per heavy atom. The Kier molecular flexibility index (Phi) is 4.58. The number of hydrogen-bond donors (Lipinski definition) is 0. The SMILES string of the molecule is O=C(Oc1ccc2cc(-c3nc4ccccc4s3)c(=O)oc2c1)c1ccccc1Cl. The summed E-state index contributed by atoms with van der Waals surface area (Å²) in [6.45, 7) is 0. The summed E-state index contributed by atoms with van der Waals surface area (Å²) >= 11 is 7.47. The molecule has 3 aromatic carbocycles.